The van der Waals surface area contributed by atoms with Gasteiger partial charge in [0.1, 0.15) is 6.33 Å². The zero-order chi connectivity index (χ0) is 13.1. The lowest BCUT2D eigenvalue weighted by Gasteiger charge is -2.31. The maximum atomic E-state index is 12.3. The van der Waals surface area contributed by atoms with Gasteiger partial charge in [0.15, 0.2) is 5.16 Å². The summed E-state index contributed by atoms with van der Waals surface area (Å²) < 4.78 is 1.84. The van der Waals surface area contributed by atoms with Gasteiger partial charge in [0.2, 0.25) is 5.91 Å². The van der Waals surface area contributed by atoms with Crippen molar-refractivity contribution >= 4 is 17.7 Å². The molecule has 1 saturated heterocycles. The van der Waals surface area contributed by atoms with Crippen LogP contribution in [0.4, 0.5) is 0 Å². The van der Waals surface area contributed by atoms with Crippen molar-refractivity contribution in [2.45, 2.75) is 37.1 Å². The van der Waals surface area contributed by atoms with Crippen LogP contribution >= 0.6 is 11.8 Å². The smallest absolute Gasteiger partial charge is 0.235 e. The summed E-state index contributed by atoms with van der Waals surface area (Å²) in [5.41, 5.74) is 0. The fraction of sp³-hybridized carbons (Fsp3) is 0.750. The molecular formula is C12H20N4OS. The lowest BCUT2D eigenvalue weighted by Crippen LogP contribution is -2.41. The Morgan fingerprint density at radius 1 is 1.50 bits per heavy atom. The predicted octanol–water partition coefficient (Wildman–Crippen LogP) is 1.55. The van der Waals surface area contributed by atoms with E-state index in [9.17, 15) is 4.79 Å². The van der Waals surface area contributed by atoms with Gasteiger partial charge < -0.3 is 9.47 Å². The molecule has 0 N–H and O–H groups in total. The molecule has 0 radical (unpaired) electrons. The van der Waals surface area contributed by atoms with Crippen LogP contribution in [0, 0.1) is 5.92 Å². The van der Waals surface area contributed by atoms with Gasteiger partial charge in [-0.25, -0.2) is 0 Å². The fourth-order valence-corrected chi connectivity index (χ4v) is 2.95. The van der Waals surface area contributed by atoms with Gasteiger partial charge in [0, 0.05) is 20.1 Å². The van der Waals surface area contributed by atoms with E-state index in [0.717, 1.165) is 37.0 Å². The molecule has 1 aliphatic rings. The first-order chi connectivity index (χ1) is 8.58. The van der Waals surface area contributed by atoms with Crippen molar-refractivity contribution in [3.8, 4) is 0 Å². The standard InChI is InChI=1S/C12H20N4OS/c1-9-4-6-16(7-5-9)11(17)10(2)18-12-14-13-8-15(12)3/h8-10H,4-7H2,1-3H3. The van der Waals surface area contributed by atoms with Crippen molar-refractivity contribution in [3.05, 3.63) is 6.33 Å². The molecule has 0 spiro atoms. The average Bonchev–Trinajstić information content (AvgIpc) is 2.75. The zero-order valence-electron chi connectivity index (χ0n) is 11.2. The number of nitrogens with zero attached hydrogens (tertiary/aromatic N) is 4. The minimum Gasteiger partial charge on any atom is -0.342 e. The molecule has 1 aromatic heterocycles. The maximum Gasteiger partial charge on any atom is 0.235 e. The van der Waals surface area contributed by atoms with Gasteiger partial charge in [-0.15, -0.1) is 10.2 Å². The zero-order valence-corrected chi connectivity index (χ0v) is 12.0. The molecule has 1 unspecified atom stereocenters. The average molecular weight is 268 g/mol. The molecule has 1 atom stereocenters. The van der Waals surface area contributed by atoms with Gasteiger partial charge in [-0.05, 0) is 25.7 Å². The van der Waals surface area contributed by atoms with Crippen LogP contribution in [0.3, 0.4) is 0 Å². The number of rotatable bonds is 3. The highest BCUT2D eigenvalue weighted by Crippen LogP contribution is 2.24. The number of carbonyl (C=O) groups is 1. The summed E-state index contributed by atoms with van der Waals surface area (Å²) in [6.45, 7) is 5.98. The molecule has 1 aliphatic heterocycles. The third-order valence-electron chi connectivity index (χ3n) is 3.40. The van der Waals surface area contributed by atoms with Crippen molar-refractivity contribution in [1.82, 2.24) is 19.7 Å². The SMILES string of the molecule is CC1CCN(C(=O)C(C)Sc2nncn2C)CC1. The number of hydrogen-bond donors (Lipinski definition) is 0. The normalized spacial score (nSPS) is 18.9. The Hall–Kier alpha value is -1.04. The second-order valence-corrected chi connectivity index (χ2v) is 6.30. The molecule has 5 nitrogen and oxygen atoms in total. The third-order valence-corrected chi connectivity index (χ3v) is 4.53. The quantitative estimate of drug-likeness (QED) is 0.781. The molecule has 1 aromatic rings. The van der Waals surface area contributed by atoms with Crippen molar-refractivity contribution in [2.24, 2.45) is 13.0 Å². The van der Waals surface area contributed by atoms with Gasteiger partial charge in [0.05, 0.1) is 5.25 Å². The van der Waals surface area contributed by atoms with Gasteiger partial charge in [-0.2, -0.15) is 0 Å². The molecule has 2 heterocycles. The maximum absolute atomic E-state index is 12.3. The Morgan fingerprint density at radius 3 is 2.72 bits per heavy atom. The lowest BCUT2D eigenvalue weighted by atomic mass is 9.99. The molecule has 0 bridgehead atoms. The Kier molecular flexibility index (Phi) is 4.27. The van der Waals surface area contributed by atoms with Crippen LogP contribution in [-0.4, -0.2) is 43.9 Å². The van der Waals surface area contributed by atoms with Crippen molar-refractivity contribution < 1.29 is 4.79 Å². The third kappa shape index (κ3) is 3.04. The van der Waals surface area contributed by atoms with Gasteiger partial charge in [0.25, 0.3) is 0 Å². The van der Waals surface area contributed by atoms with Crippen LogP contribution < -0.4 is 0 Å². The number of piperidine rings is 1. The van der Waals surface area contributed by atoms with E-state index < -0.39 is 0 Å². The first kappa shape index (κ1) is 13.4. The molecular weight excluding hydrogens is 248 g/mol. The molecule has 0 aromatic carbocycles. The summed E-state index contributed by atoms with van der Waals surface area (Å²) in [6.07, 6.45) is 3.89. The number of hydrogen-bond acceptors (Lipinski definition) is 4. The van der Waals surface area contributed by atoms with Crippen LogP contribution in [0.25, 0.3) is 0 Å². The summed E-state index contributed by atoms with van der Waals surface area (Å²) >= 11 is 1.48. The topological polar surface area (TPSA) is 51.0 Å². The predicted molar refractivity (Wildman–Crippen MR) is 71.3 cm³/mol. The summed E-state index contributed by atoms with van der Waals surface area (Å²) in [4.78, 5) is 14.3. The van der Waals surface area contributed by atoms with E-state index in [0.29, 0.717) is 0 Å². The molecule has 1 fully saturated rings. The van der Waals surface area contributed by atoms with E-state index in [1.165, 1.54) is 11.8 Å². The minimum atomic E-state index is -0.0960. The number of amides is 1. The van der Waals surface area contributed by atoms with E-state index in [1.54, 1.807) is 6.33 Å². The number of aryl methyl sites for hydroxylation is 1. The van der Waals surface area contributed by atoms with E-state index in [-0.39, 0.29) is 11.2 Å². The van der Waals surface area contributed by atoms with E-state index >= 15 is 0 Å². The molecule has 2 rings (SSSR count). The van der Waals surface area contributed by atoms with Crippen molar-refractivity contribution in [2.75, 3.05) is 13.1 Å². The Balaban J connectivity index is 1.91. The highest BCUT2D eigenvalue weighted by Gasteiger charge is 2.25. The number of carbonyl (C=O) groups excluding carboxylic acids is 1. The number of likely N-dealkylation sites (tertiary alicyclic amines) is 1. The van der Waals surface area contributed by atoms with Gasteiger partial charge >= 0.3 is 0 Å². The Morgan fingerprint density at radius 2 is 2.17 bits per heavy atom. The number of aromatic nitrogens is 3. The molecule has 6 heteroatoms. The van der Waals surface area contributed by atoms with Crippen LogP contribution in [0.1, 0.15) is 26.7 Å². The van der Waals surface area contributed by atoms with Crippen LogP contribution in [0.2, 0.25) is 0 Å². The molecule has 0 aliphatic carbocycles. The van der Waals surface area contributed by atoms with Crippen LogP contribution in [-0.2, 0) is 11.8 Å². The summed E-state index contributed by atoms with van der Waals surface area (Å²) in [5, 5.41) is 8.52. The Bertz CT molecular complexity index is 412. The molecule has 1 amide bonds. The lowest BCUT2D eigenvalue weighted by molar-refractivity contribution is -0.131. The van der Waals surface area contributed by atoms with Crippen molar-refractivity contribution in [3.63, 3.8) is 0 Å². The summed E-state index contributed by atoms with van der Waals surface area (Å²) in [6, 6.07) is 0. The molecule has 0 saturated carbocycles. The second kappa shape index (κ2) is 5.73. The van der Waals surface area contributed by atoms with Gasteiger partial charge in [-0.3, -0.25) is 4.79 Å². The van der Waals surface area contributed by atoms with Crippen molar-refractivity contribution in [1.29, 1.82) is 0 Å². The first-order valence-electron chi connectivity index (χ1n) is 6.37. The highest BCUT2D eigenvalue weighted by molar-refractivity contribution is 8.00. The minimum absolute atomic E-state index is 0.0960. The van der Waals surface area contributed by atoms with Crippen LogP contribution in [0.15, 0.2) is 11.5 Å². The van der Waals surface area contributed by atoms with E-state index in [4.69, 9.17) is 0 Å². The van der Waals surface area contributed by atoms with Gasteiger partial charge in [-0.1, -0.05) is 18.7 Å². The largest absolute Gasteiger partial charge is 0.342 e. The molecule has 18 heavy (non-hydrogen) atoms. The highest BCUT2D eigenvalue weighted by atomic mass is 32.2. The van der Waals surface area contributed by atoms with E-state index in [1.807, 2.05) is 23.4 Å². The van der Waals surface area contributed by atoms with Crippen LogP contribution in [0.5, 0.6) is 0 Å². The fourth-order valence-electron chi connectivity index (χ4n) is 2.07. The first-order valence-corrected chi connectivity index (χ1v) is 7.25. The molecule has 100 valence electrons. The Labute approximate surface area is 112 Å². The summed E-state index contributed by atoms with van der Waals surface area (Å²) in [7, 11) is 1.89. The summed E-state index contributed by atoms with van der Waals surface area (Å²) in [5.74, 6) is 0.964. The number of thioether (sulfide) groups is 1. The second-order valence-electron chi connectivity index (χ2n) is 4.99. The monoisotopic (exact) mass is 268 g/mol. The van der Waals surface area contributed by atoms with E-state index in [2.05, 4.69) is 17.1 Å².